The highest BCUT2D eigenvalue weighted by molar-refractivity contribution is 9.10. The molecule has 0 radical (unpaired) electrons. The van der Waals surface area contributed by atoms with Gasteiger partial charge in [0.05, 0.1) is 7.11 Å². The fourth-order valence-corrected chi connectivity index (χ4v) is 3.44. The zero-order valence-electron chi connectivity index (χ0n) is 13.2. The van der Waals surface area contributed by atoms with Crippen LogP contribution >= 0.6 is 15.9 Å². The molecule has 0 amide bonds. The number of nitrogens with one attached hydrogen (secondary N) is 1. The highest BCUT2D eigenvalue weighted by Crippen LogP contribution is 2.36. The van der Waals surface area contributed by atoms with Crippen molar-refractivity contribution in [1.82, 2.24) is 0 Å². The van der Waals surface area contributed by atoms with Gasteiger partial charge in [-0.3, -0.25) is 0 Å². The number of hydrogen-bond acceptors (Lipinski definition) is 4. The topological polar surface area (TPSA) is 53.4 Å². The predicted octanol–water partition coefficient (Wildman–Crippen LogP) is 4.75. The van der Waals surface area contributed by atoms with E-state index >= 15 is 0 Å². The van der Waals surface area contributed by atoms with Gasteiger partial charge in [-0.1, -0.05) is 15.9 Å². The van der Waals surface area contributed by atoms with E-state index in [0.29, 0.717) is 0 Å². The molecule has 0 bridgehead atoms. The zero-order valence-corrected chi connectivity index (χ0v) is 14.8. The molecule has 2 aromatic rings. The average molecular weight is 375 g/mol. The lowest BCUT2D eigenvalue weighted by molar-refractivity contribution is 0.414. The summed E-state index contributed by atoms with van der Waals surface area (Å²) in [5.41, 5.74) is 5.20. The van der Waals surface area contributed by atoms with Gasteiger partial charge in [0.15, 0.2) is 0 Å². The summed E-state index contributed by atoms with van der Waals surface area (Å²) < 4.78 is 6.47. The minimum absolute atomic E-state index is 0.750. The minimum atomic E-state index is 0.750. The summed E-state index contributed by atoms with van der Waals surface area (Å²) >= 11 is 3.60. The van der Waals surface area contributed by atoms with Crippen molar-refractivity contribution >= 4 is 33.4 Å². The molecule has 0 aliphatic carbocycles. The highest BCUT2D eigenvalue weighted by Gasteiger charge is 2.19. The molecular formula is C18H19BrN2O2. The van der Waals surface area contributed by atoms with Crippen molar-refractivity contribution in [3.05, 3.63) is 52.0 Å². The van der Waals surface area contributed by atoms with Crippen molar-refractivity contribution < 1.29 is 9.53 Å². The van der Waals surface area contributed by atoms with Crippen molar-refractivity contribution in [2.45, 2.75) is 19.8 Å². The summed E-state index contributed by atoms with van der Waals surface area (Å²) in [5, 5.41) is 5.40. The van der Waals surface area contributed by atoms with Crippen LogP contribution in [0.2, 0.25) is 0 Å². The van der Waals surface area contributed by atoms with E-state index in [0.717, 1.165) is 29.3 Å². The maximum atomic E-state index is 8.35. The van der Waals surface area contributed by atoms with Gasteiger partial charge in [0, 0.05) is 22.4 Å². The van der Waals surface area contributed by atoms with Crippen LogP contribution in [0.15, 0.2) is 40.9 Å². The maximum Gasteiger partial charge on any atom is 0.231 e. The molecule has 1 aliphatic heterocycles. The van der Waals surface area contributed by atoms with Crippen LogP contribution in [0, 0.1) is 12.3 Å². The Kier molecular flexibility index (Phi) is 5.97. The third-order valence-corrected chi connectivity index (χ3v) is 4.20. The molecular weight excluding hydrogens is 356 g/mol. The molecule has 0 fully saturated rings. The monoisotopic (exact) mass is 374 g/mol. The lowest BCUT2D eigenvalue weighted by Gasteiger charge is -2.32. The molecule has 4 nitrogen and oxygen atoms in total. The number of rotatable bonds is 2. The molecule has 0 atom stereocenters. The Morgan fingerprint density at radius 2 is 2.00 bits per heavy atom. The Balaban J connectivity index is 0.000000595. The standard InChI is InChI=1S/C17H18BrNO.CHNO/c1-12-8-14(18)11-15(9-12)19-7-3-4-13-10-16(20-2)5-6-17(13)19;2-1-3/h5-6,8-11H,3-4,7H2,1-2H3;2H. The van der Waals surface area contributed by atoms with Gasteiger partial charge < -0.3 is 9.64 Å². The molecule has 5 heteroatoms. The summed E-state index contributed by atoms with van der Waals surface area (Å²) in [6.07, 6.45) is 3.04. The van der Waals surface area contributed by atoms with E-state index in [-0.39, 0.29) is 0 Å². The number of ether oxygens (including phenoxy) is 1. The largest absolute Gasteiger partial charge is 0.497 e. The molecule has 1 heterocycles. The second kappa shape index (κ2) is 7.95. The van der Waals surface area contributed by atoms with Gasteiger partial charge in [0.25, 0.3) is 0 Å². The summed E-state index contributed by atoms with van der Waals surface area (Å²) in [4.78, 5) is 10.7. The molecule has 2 aromatic carbocycles. The second-order valence-corrected chi connectivity index (χ2v) is 6.25. The lowest BCUT2D eigenvalue weighted by Crippen LogP contribution is -2.24. The number of fused-ring (bicyclic) bond motifs is 1. The molecule has 0 aromatic heterocycles. The van der Waals surface area contributed by atoms with Crippen molar-refractivity contribution in [2.24, 2.45) is 0 Å². The smallest absolute Gasteiger partial charge is 0.231 e. The molecule has 0 saturated heterocycles. The van der Waals surface area contributed by atoms with Crippen LogP contribution in [-0.4, -0.2) is 19.7 Å². The van der Waals surface area contributed by atoms with Gasteiger partial charge in [-0.25, -0.2) is 10.2 Å². The Morgan fingerprint density at radius 3 is 2.65 bits per heavy atom. The van der Waals surface area contributed by atoms with E-state index in [1.54, 1.807) is 7.11 Å². The lowest BCUT2D eigenvalue weighted by atomic mass is 10.0. The van der Waals surface area contributed by atoms with Gasteiger partial charge in [-0.2, -0.15) is 0 Å². The molecule has 1 N–H and O–H groups in total. The number of anilines is 2. The van der Waals surface area contributed by atoms with Crippen molar-refractivity contribution in [3.63, 3.8) is 0 Å². The van der Waals surface area contributed by atoms with Crippen LogP contribution in [-0.2, 0) is 11.2 Å². The Hall–Kier alpha value is -2.10. The molecule has 1 aliphatic rings. The first kappa shape index (κ1) is 17.3. The average Bonchev–Trinajstić information content (AvgIpc) is 2.53. The Bertz CT molecular complexity index is 705. The molecule has 3 rings (SSSR count). The van der Waals surface area contributed by atoms with Gasteiger partial charge >= 0.3 is 0 Å². The molecule has 23 heavy (non-hydrogen) atoms. The number of halogens is 1. The molecule has 0 spiro atoms. The van der Waals surface area contributed by atoms with Gasteiger partial charge in [0.2, 0.25) is 6.08 Å². The number of benzene rings is 2. The quantitative estimate of drug-likeness (QED) is 0.609. The van der Waals surface area contributed by atoms with Crippen molar-refractivity contribution in [2.75, 3.05) is 18.6 Å². The van der Waals surface area contributed by atoms with E-state index in [9.17, 15) is 0 Å². The van der Waals surface area contributed by atoms with Crippen LogP contribution < -0.4 is 9.64 Å². The summed E-state index contributed by atoms with van der Waals surface area (Å²) in [6.45, 7) is 3.20. The van der Waals surface area contributed by atoms with E-state index in [4.69, 9.17) is 14.9 Å². The van der Waals surface area contributed by atoms with E-state index in [1.165, 1.54) is 28.9 Å². The van der Waals surface area contributed by atoms with E-state index in [2.05, 4.69) is 58.1 Å². The number of isocyanates is 1. The molecule has 0 saturated carbocycles. The highest BCUT2D eigenvalue weighted by atomic mass is 79.9. The Labute approximate surface area is 144 Å². The summed E-state index contributed by atoms with van der Waals surface area (Å²) in [6, 6.07) is 12.9. The number of aryl methyl sites for hydroxylation is 2. The number of carbonyl (C=O) groups excluding carboxylic acids is 1. The van der Waals surface area contributed by atoms with Gasteiger partial charge in [-0.15, -0.1) is 0 Å². The van der Waals surface area contributed by atoms with Crippen LogP contribution in [0.1, 0.15) is 17.5 Å². The SMILES string of the molecule is COc1ccc2c(c1)CCCN2c1cc(C)cc(Br)c1.N=C=O. The zero-order chi connectivity index (χ0) is 16.8. The maximum absolute atomic E-state index is 8.35. The predicted molar refractivity (Wildman–Crippen MR) is 95.6 cm³/mol. The van der Waals surface area contributed by atoms with Gasteiger partial charge in [0.1, 0.15) is 5.75 Å². The first-order valence-corrected chi connectivity index (χ1v) is 8.14. The van der Waals surface area contributed by atoms with Crippen molar-refractivity contribution in [3.8, 4) is 5.75 Å². The molecule has 0 unspecified atom stereocenters. The van der Waals surface area contributed by atoms with E-state index in [1.807, 2.05) is 6.07 Å². The van der Waals surface area contributed by atoms with Crippen LogP contribution in [0.25, 0.3) is 0 Å². The Morgan fingerprint density at radius 1 is 1.26 bits per heavy atom. The number of hydrogen-bond donors (Lipinski definition) is 1. The first-order chi connectivity index (χ1) is 11.1. The summed E-state index contributed by atoms with van der Waals surface area (Å²) in [5.74, 6) is 0.941. The van der Waals surface area contributed by atoms with Gasteiger partial charge in [-0.05, 0) is 67.3 Å². The van der Waals surface area contributed by atoms with Crippen LogP contribution in [0.4, 0.5) is 11.4 Å². The third kappa shape index (κ3) is 4.21. The minimum Gasteiger partial charge on any atom is -0.497 e. The second-order valence-electron chi connectivity index (χ2n) is 5.34. The fourth-order valence-electron chi connectivity index (χ4n) is 2.84. The van der Waals surface area contributed by atoms with Crippen LogP contribution in [0.5, 0.6) is 5.75 Å². The summed E-state index contributed by atoms with van der Waals surface area (Å²) in [7, 11) is 1.72. The third-order valence-electron chi connectivity index (χ3n) is 3.74. The number of nitrogens with zero attached hydrogens (tertiary/aromatic N) is 1. The van der Waals surface area contributed by atoms with Crippen molar-refractivity contribution in [1.29, 1.82) is 5.41 Å². The fraction of sp³-hybridized carbons (Fsp3) is 0.278. The first-order valence-electron chi connectivity index (χ1n) is 7.34. The van der Waals surface area contributed by atoms with Crippen LogP contribution in [0.3, 0.4) is 0 Å². The number of methoxy groups -OCH3 is 1. The van der Waals surface area contributed by atoms with E-state index < -0.39 is 0 Å². The normalized spacial score (nSPS) is 12.6. The molecule has 120 valence electrons.